The molecule has 1 N–H and O–H groups in total. The average molecular weight is 321 g/mol. The van der Waals surface area contributed by atoms with E-state index in [0.29, 0.717) is 12.2 Å². The first-order valence-electron chi connectivity index (χ1n) is 7.06. The summed E-state index contributed by atoms with van der Waals surface area (Å²) in [7, 11) is -3.70. The zero-order chi connectivity index (χ0) is 15.7. The first-order valence-corrected chi connectivity index (χ1v) is 8.54. The third kappa shape index (κ3) is 3.00. The molecule has 1 aromatic heterocycles. The minimum Gasteiger partial charge on any atom is -0.241 e. The minimum atomic E-state index is -3.70. The van der Waals surface area contributed by atoms with Crippen molar-refractivity contribution in [1.29, 1.82) is 0 Å². The highest BCUT2D eigenvalue weighted by molar-refractivity contribution is 7.89. The molecule has 0 fully saturated rings. The van der Waals surface area contributed by atoms with E-state index >= 15 is 0 Å². The predicted octanol–water partition coefficient (Wildman–Crippen LogP) is 2.28. The number of fused-ring (bicyclic) bond motifs is 1. The molecule has 1 aliphatic carbocycles. The summed E-state index contributed by atoms with van der Waals surface area (Å²) in [5, 5.41) is 0. The van der Waals surface area contributed by atoms with Crippen LogP contribution < -0.4 is 4.72 Å². The molecule has 0 aliphatic heterocycles. The lowest BCUT2D eigenvalue weighted by Gasteiger charge is -2.25. The minimum absolute atomic E-state index is 0.0500. The highest BCUT2D eigenvalue weighted by Gasteiger charge is 2.27. The second-order valence-electron chi connectivity index (χ2n) is 5.34. The van der Waals surface area contributed by atoms with Crippen molar-refractivity contribution < 1.29 is 12.8 Å². The summed E-state index contributed by atoms with van der Waals surface area (Å²) < 4.78 is 40.4. The highest BCUT2D eigenvalue weighted by atomic mass is 32.2. The molecule has 0 amide bonds. The third-order valence-corrected chi connectivity index (χ3v) is 5.21. The van der Waals surface area contributed by atoms with Crippen molar-refractivity contribution in [2.75, 3.05) is 0 Å². The fourth-order valence-corrected chi connectivity index (χ4v) is 3.89. The van der Waals surface area contributed by atoms with Gasteiger partial charge >= 0.3 is 0 Å². The van der Waals surface area contributed by atoms with Gasteiger partial charge in [0.1, 0.15) is 11.6 Å². The number of aryl methyl sites for hydroxylation is 2. The van der Waals surface area contributed by atoms with E-state index in [0.717, 1.165) is 36.2 Å². The van der Waals surface area contributed by atoms with Crippen LogP contribution in [0, 0.1) is 12.7 Å². The Hall–Kier alpha value is -1.86. The van der Waals surface area contributed by atoms with E-state index < -0.39 is 15.8 Å². The summed E-state index contributed by atoms with van der Waals surface area (Å²) in [6, 6.07) is 4.44. The van der Waals surface area contributed by atoms with Gasteiger partial charge in [0.2, 0.25) is 10.0 Å². The lowest BCUT2D eigenvalue weighted by atomic mass is 9.93. The van der Waals surface area contributed by atoms with E-state index in [1.54, 1.807) is 6.20 Å². The van der Waals surface area contributed by atoms with Gasteiger partial charge in [0.25, 0.3) is 0 Å². The van der Waals surface area contributed by atoms with E-state index in [-0.39, 0.29) is 10.9 Å². The number of nitrogens with zero attached hydrogens (tertiary/aromatic N) is 2. The molecule has 0 unspecified atom stereocenters. The van der Waals surface area contributed by atoms with Crippen molar-refractivity contribution in [3.05, 3.63) is 53.4 Å². The number of halogens is 1. The summed E-state index contributed by atoms with van der Waals surface area (Å²) in [5.41, 5.74) is 1.72. The molecule has 116 valence electrons. The molecule has 0 radical (unpaired) electrons. The number of rotatable bonds is 3. The summed E-state index contributed by atoms with van der Waals surface area (Å²) >= 11 is 0. The Morgan fingerprint density at radius 2 is 2.00 bits per heavy atom. The lowest BCUT2D eigenvalue weighted by molar-refractivity contribution is 0.499. The number of hydrogen-bond donors (Lipinski definition) is 1. The number of benzene rings is 1. The molecule has 1 aliphatic rings. The van der Waals surface area contributed by atoms with Crippen molar-refractivity contribution in [1.82, 2.24) is 14.7 Å². The normalized spacial score (nSPS) is 18.0. The topological polar surface area (TPSA) is 72.0 Å². The third-order valence-electron chi connectivity index (χ3n) is 3.72. The van der Waals surface area contributed by atoms with Gasteiger partial charge in [0.15, 0.2) is 0 Å². The van der Waals surface area contributed by atoms with Crippen LogP contribution in [0.15, 0.2) is 35.4 Å². The van der Waals surface area contributed by atoms with E-state index in [1.165, 1.54) is 12.1 Å². The molecule has 0 saturated heterocycles. The number of nitrogens with one attached hydrogen (secondary N) is 1. The molecule has 1 aromatic carbocycles. The molecule has 0 spiro atoms. The second kappa shape index (κ2) is 5.73. The highest BCUT2D eigenvalue weighted by Crippen LogP contribution is 2.29. The van der Waals surface area contributed by atoms with Gasteiger partial charge in [0, 0.05) is 17.5 Å². The van der Waals surface area contributed by atoms with Crippen LogP contribution in [-0.4, -0.2) is 18.4 Å². The van der Waals surface area contributed by atoms with Crippen LogP contribution in [0.25, 0.3) is 0 Å². The van der Waals surface area contributed by atoms with Gasteiger partial charge in [-0.05, 0) is 50.5 Å². The van der Waals surface area contributed by atoms with Gasteiger partial charge in [-0.25, -0.2) is 27.5 Å². The fraction of sp³-hybridized carbons (Fsp3) is 0.333. The molecule has 7 heteroatoms. The quantitative estimate of drug-likeness (QED) is 0.941. The molecular formula is C15H16FN3O2S. The number of aromatic nitrogens is 2. The first-order chi connectivity index (χ1) is 10.5. The van der Waals surface area contributed by atoms with Crippen LogP contribution in [0.1, 0.15) is 36.0 Å². The molecule has 0 saturated carbocycles. The maximum atomic E-state index is 12.9. The van der Waals surface area contributed by atoms with Crippen LogP contribution in [0.3, 0.4) is 0 Å². The van der Waals surface area contributed by atoms with Crippen LogP contribution in [-0.2, 0) is 16.4 Å². The van der Waals surface area contributed by atoms with Gasteiger partial charge in [-0.15, -0.1) is 0 Å². The summed E-state index contributed by atoms with van der Waals surface area (Å²) in [4.78, 5) is 8.59. The van der Waals surface area contributed by atoms with E-state index in [9.17, 15) is 12.8 Å². The van der Waals surface area contributed by atoms with Gasteiger partial charge in [-0.2, -0.15) is 0 Å². The Balaban J connectivity index is 1.89. The molecule has 1 atom stereocenters. The summed E-state index contributed by atoms with van der Waals surface area (Å²) in [6.45, 7) is 1.81. The Bertz CT molecular complexity index is 791. The second-order valence-corrected chi connectivity index (χ2v) is 7.05. The Kier molecular flexibility index (Phi) is 3.92. The molecular weight excluding hydrogens is 305 g/mol. The predicted molar refractivity (Wildman–Crippen MR) is 79.2 cm³/mol. The molecule has 22 heavy (non-hydrogen) atoms. The number of sulfonamides is 1. The van der Waals surface area contributed by atoms with Gasteiger partial charge < -0.3 is 0 Å². The zero-order valence-corrected chi connectivity index (χ0v) is 12.9. The Morgan fingerprint density at radius 1 is 1.27 bits per heavy atom. The van der Waals surface area contributed by atoms with Crippen LogP contribution in [0.5, 0.6) is 0 Å². The van der Waals surface area contributed by atoms with Gasteiger partial charge in [-0.1, -0.05) is 0 Å². The van der Waals surface area contributed by atoms with Crippen LogP contribution in [0.2, 0.25) is 0 Å². The molecule has 5 nitrogen and oxygen atoms in total. The van der Waals surface area contributed by atoms with Gasteiger partial charge in [-0.3, -0.25) is 0 Å². The average Bonchev–Trinajstić information content (AvgIpc) is 2.47. The van der Waals surface area contributed by atoms with Crippen molar-refractivity contribution in [3.8, 4) is 0 Å². The zero-order valence-electron chi connectivity index (χ0n) is 12.1. The number of hydrogen-bond acceptors (Lipinski definition) is 4. The molecule has 3 rings (SSSR count). The van der Waals surface area contributed by atoms with E-state index in [4.69, 9.17) is 0 Å². The van der Waals surface area contributed by atoms with Crippen molar-refractivity contribution in [2.45, 2.75) is 37.1 Å². The van der Waals surface area contributed by atoms with Crippen molar-refractivity contribution in [2.24, 2.45) is 0 Å². The largest absolute Gasteiger partial charge is 0.241 e. The Labute approximate surface area is 128 Å². The van der Waals surface area contributed by atoms with Crippen molar-refractivity contribution >= 4 is 10.0 Å². The summed E-state index contributed by atoms with van der Waals surface area (Å²) in [6.07, 6.45) is 4.07. The first kappa shape index (κ1) is 15.1. The van der Waals surface area contributed by atoms with Crippen molar-refractivity contribution in [3.63, 3.8) is 0 Å². The summed E-state index contributed by atoms with van der Waals surface area (Å²) in [5.74, 6) is 0.214. The molecule has 1 heterocycles. The van der Waals surface area contributed by atoms with Crippen LogP contribution >= 0.6 is 0 Å². The monoisotopic (exact) mass is 321 g/mol. The fourth-order valence-electron chi connectivity index (χ4n) is 2.64. The van der Waals surface area contributed by atoms with E-state index in [1.807, 2.05) is 6.92 Å². The molecule has 2 aromatic rings. The lowest BCUT2D eigenvalue weighted by Crippen LogP contribution is -2.31. The maximum Gasteiger partial charge on any atom is 0.241 e. The van der Waals surface area contributed by atoms with Crippen LogP contribution in [0.4, 0.5) is 4.39 Å². The van der Waals surface area contributed by atoms with E-state index in [2.05, 4.69) is 14.7 Å². The SMILES string of the molecule is Cc1ncc2c(n1)CCC[C@@H]2NS(=O)(=O)c1ccc(F)cc1. The standard InChI is InChI=1S/C15H16FN3O2S/c1-10-17-9-13-14(18-10)3-2-4-15(13)19-22(20,21)12-7-5-11(16)6-8-12/h5-9,15,19H,2-4H2,1H3/t15-/m0/s1. The maximum absolute atomic E-state index is 12.9. The van der Waals surface area contributed by atoms with Gasteiger partial charge in [0.05, 0.1) is 10.9 Å². The molecule has 0 bridgehead atoms. The Morgan fingerprint density at radius 3 is 2.73 bits per heavy atom. The smallest absolute Gasteiger partial charge is 0.241 e.